The number of aromatic amines is 1. The monoisotopic (exact) mass is 288 g/mol. The molecule has 1 aliphatic rings. The van der Waals surface area contributed by atoms with Crippen molar-refractivity contribution in [3.05, 3.63) is 40.2 Å². The van der Waals surface area contributed by atoms with Crippen LogP contribution in [-0.4, -0.2) is 30.3 Å². The highest BCUT2D eigenvalue weighted by atomic mass is 16.6. The van der Waals surface area contributed by atoms with Crippen molar-refractivity contribution in [1.29, 1.82) is 0 Å². The van der Waals surface area contributed by atoms with E-state index in [1.807, 2.05) is 19.1 Å². The van der Waals surface area contributed by atoms with Gasteiger partial charge in [0.25, 0.3) is 0 Å². The number of hydrogen-bond donors (Lipinski definition) is 2. The van der Waals surface area contributed by atoms with Crippen molar-refractivity contribution in [3.8, 4) is 5.75 Å². The van der Waals surface area contributed by atoms with E-state index in [1.165, 1.54) is 6.07 Å². The van der Waals surface area contributed by atoms with Gasteiger partial charge in [-0.25, -0.2) is 4.79 Å². The third-order valence-electron chi connectivity index (χ3n) is 3.42. The summed E-state index contributed by atoms with van der Waals surface area (Å²) in [5, 5.41) is 3.51. The first-order chi connectivity index (χ1) is 10.2. The summed E-state index contributed by atoms with van der Waals surface area (Å²) in [7, 11) is 0. The molecule has 0 saturated carbocycles. The number of carbonyl (C=O) groups is 1. The molecule has 0 radical (unpaired) electrons. The molecule has 0 spiro atoms. The summed E-state index contributed by atoms with van der Waals surface area (Å²) in [6.07, 6.45) is -0.208. The highest BCUT2D eigenvalue weighted by Gasteiger charge is 2.24. The molecule has 1 aromatic carbocycles. The van der Waals surface area contributed by atoms with E-state index in [0.29, 0.717) is 19.6 Å². The van der Waals surface area contributed by atoms with Gasteiger partial charge < -0.3 is 19.8 Å². The molecule has 1 unspecified atom stereocenters. The Balaban J connectivity index is 1.90. The van der Waals surface area contributed by atoms with E-state index in [9.17, 15) is 9.59 Å². The number of fused-ring (bicyclic) bond motifs is 3. The molecule has 0 aliphatic carbocycles. The number of nitrogens with one attached hydrogen (secondary N) is 2. The lowest BCUT2D eigenvalue weighted by Crippen LogP contribution is -2.35. The minimum absolute atomic E-state index is 0.144. The van der Waals surface area contributed by atoms with Gasteiger partial charge >= 0.3 is 6.09 Å². The van der Waals surface area contributed by atoms with Crippen LogP contribution in [0.25, 0.3) is 10.9 Å². The fourth-order valence-electron chi connectivity index (χ4n) is 2.51. The number of amides is 1. The summed E-state index contributed by atoms with van der Waals surface area (Å²) >= 11 is 0. The predicted octanol–water partition coefficient (Wildman–Crippen LogP) is 1.58. The average Bonchev–Trinajstić information content (AvgIpc) is 2.47. The van der Waals surface area contributed by atoms with Crippen LogP contribution in [-0.2, 0) is 11.2 Å². The maximum Gasteiger partial charge on any atom is 0.407 e. The van der Waals surface area contributed by atoms with Gasteiger partial charge in [-0.2, -0.15) is 0 Å². The van der Waals surface area contributed by atoms with Gasteiger partial charge in [0.2, 0.25) is 5.56 Å². The van der Waals surface area contributed by atoms with E-state index in [4.69, 9.17) is 9.47 Å². The Morgan fingerprint density at radius 1 is 1.43 bits per heavy atom. The van der Waals surface area contributed by atoms with E-state index in [2.05, 4.69) is 10.3 Å². The summed E-state index contributed by atoms with van der Waals surface area (Å²) < 4.78 is 11.0. The molecule has 2 N–H and O–H groups in total. The van der Waals surface area contributed by atoms with E-state index >= 15 is 0 Å². The van der Waals surface area contributed by atoms with E-state index < -0.39 is 6.09 Å². The molecule has 0 saturated heterocycles. The van der Waals surface area contributed by atoms with Crippen molar-refractivity contribution in [2.45, 2.75) is 19.4 Å². The molecule has 1 aromatic heterocycles. The van der Waals surface area contributed by atoms with Gasteiger partial charge in [-0.05, 0) is 25.1 Å². The molecule has 110 valence electrons. The number of ether oxygens (including phenoxy) is 2. The molecule has 6 nitrogen and oxygen atoms in total. The summed E-state index contributed by atoms with van der Waals surface area (Å²) in [6.45, 7) is 2.68. The van der Waals surface area contributed by atoms with Crippen LogP contribution in [0.5, 0.6) is 5.75 Å². The molecule has 1 amide bonds. The van der Waals surface area contributed by atoms with Crippen LogP contribution < -0.4 is 15.6 Å². The van der Waals surface area contributed by atoms with Gasteiger partial charge in [0.15, 0.2) is 0 Å². The fraction of sp³-hybridized carbons (Fsp3) is 0.333. The Labute approximate surface area is 121 Å². The van der Waals surface area contributed by atoms with Crippen LogP contribution in [0.1, 0.15) is 12.5 Å². The Hall–Kier alpha value is -2.50. The van der Waals surface area contributed by atoms with Crippen LogP contribution in [0.15, 0.2) is 29.1 Å². The van der Waals surface area contributed by atoms with E-state index in [1.54, 1.807) is 6.07 Å². The lowest BCUT2D eigenvalue weighted by Gasteiger charge is -2.26. The second kappa shape index (κ2) is 5.47. The number of benzene rings is 1. The molecule has 0 fully saturated rings. The Bertz CT molecular complexity index is 738. The molecule has 21 heavy (non-hydrogen) atoms. The second-order valence-corrected chi connectivity index (χ2v) is 4.90. The molecule has 2 aromatic rings. The number of rotatable bonds is 2. The summed E-state index contributed by atoms with van der Waals surface area (Å²) in [5.74, 6) is 0.769. The van der Waals surface area contributed by atoms with Crippen molar-refractivity contribution in [1.82, 2.24) is 10.3 Å². The Kier molecular flexibility index (Phi) is 3.51. The number of hydrogen-bond acceptors (Lipinski definition) is 4. The lowest BCUT2D eigenvalue weighted by molar-refractivity contribution is 0.0564. The minimum atomic E-state index is -0.441. The zero-order valence-corrected chi connectivity index (χ0v) is 11.6. The number of H-pyrrole nitrogens is 1. The first kappa shape index (κ1) is 13.5. The maximum absolute atomic E-state index is 11.5. The zero-order chi connectivity index (χ0) is 14.8. The van der Waals surface area contributed by atoms with Gasteiger partial charge in [-0.1, -0.05) is 0 Å². The molecular formula is C15H16N2O4. The lowest BCUT2D eigenvalue weighted by atomic mass is 9.99. The standard InChI is InChI=1S/C15H16N2O4/c1-2-16-15(19)21-9-7-11-10-3-6-14(18)17-12(10)4-5-13(11)20-8-9/h3-6,9H,2,7-8H2,1H3,(H,16,19)(H,17,18). The quantitative estimate of drug-likeness (QED) is 0.879. The van der Waals surface area contributed by atoms with E-state index in [-0.39, 0.29) is 11.7 Å². The van der Waals surface area contributed by atoms with Gasteiger partial charge in [-0.3, -0.25) is 4.79 Å². The van der Waals surface area contributed by atoms with Gasteiger partial charge in [0.1, 0.15) is 18.5 Å². The Morgan fingerprint density at radius 3 is 3.10 bits per heavy atom. The van der Waals surface area contributed by atoms with Crippen LogP contribution in [0.3, 0.4) is 0 Å². The maximum atomic E-state index is 11.5. The number of carbonyl (C=O) groups excluding carboxylic acids is 1. The largest absolute Gasteiger partial charge is 0.489 e. The third-order valence-corrected chi connectivity index (χ3v) is 3.42. The van der Waals surface area contributed by atoms with Crippen molar-refractivity contribution >= 4 is 17.0 Å². The van der Waals surface area contributed by atoms with Gasteiger partial charge in [-0.15, -0.1) is 0 Å². The molecule has 0 bridgehead atoms. The number of pyridine rings is 1. The third kappa shape index (κ3) is 2.69. The van der Waals surface area contributed by atoms with Gasteiger partial charge in [0.05, 0.1) is 0 Å². The highest BCUT2D eigenvalue weighted by molar-refractivity contribution is 5.84. The zero-order valence-electron chi connectivity index (χ0n) is 11.6. The van der Waals surface area contributed by atoms with Gasteiger partial charge in [0, 0.05) is 35.5 Å². The summed E-state index contributed by atoms with van der Waals surface area (Å²) in [4.78, 5) is 25.6. The Morgan fingerprint density at radius 2 is 2.29 bits per heavy atom. The van der Waals surface area contributed by atoms with Crippen molar-refractivity contribution in [3.63, 3.8) is 0 Å². The van der Waals surface area contributed by atoms with Crippen molar-refractivity contribution in [2.24, 2.45) is 0 Å². The molecule has 2 heterocycles. The summed E-state index contributed by atoms with van der Waals surface area (Å²) in [5.41, 5.74) is 1.56. The SMILES string of the molecule is CCNC(=O)OC1COc2ccc3[nH]c(=O)ccc3c2C1. The fourth-order valence-corrected chi connectivity index (χ4v) is 2.51. The smallest absolute Gasteiger partial charge is 0.407 e. The topological polar surface area (TPSA) is 80.4 Å². The number of aromatic nitrogens is 1. The van der Waals surface area contributed by atoms with Crippen LogP contribution in [0.2, 0.25) is 0 Å². The van der Waals surface area contributed by atoms with E-state index in [0.717, 1.165) is 22.2 Å². The normalized spacial score (nSPS) is 16.9. The first-order valence-electron chi connectivity index (χ1n) is 6.89. The van der Waals surface area contributed by atoms with Crippen molar-refractivity contribution < 1.29 is 14.3 Å². The van der Waals surface area contributed by atoms with Crippen molar-refractivity contribution in [2.75, 3.05) is 13.2 Å². The average molecular weight is 288 g/mol. The first-order valence-corrected chi connectivity index (χ1v) is 6.89. The molecule has 1 atom stereocenters. The molecule has 1 aliphatic heterocycles. The van der Waals surface area contributed by atoms with Crippen LogP contribution >= 0.6 is 0 Å². The van der Waals surface area contributed by atoms with Crippen LogP contribution in [0, 0.1) is 0 Å². The second-order valence-electron chi connectivity index (χ2n) is 4.90. The molecule has 3 rings (SSSR count). The number of alkyl carbamates (subject to hydrolysis) is 1. The molecule has 6 heteroatoms. The molecular weight excluding hydrogens is 272 g/mol. The minimum Gasteiger partial charge on any atom is -0.489 e. The summed E-state index contributed by atoms with van der Waals surface area (Å²) in [6, 6.07) is 6.90. The van der Waals surface area contributed by atoms with Crippen LogP contribution in [0.4, 0.5) is 4.79 Å². The predicted molar refractivity (Wildman–Crippen MR) is 77.7 cm³/mol. The highest BCUT2D eigenvalue weighted by Crippen LogP contribution is 2.31.